The third-order valence-corrected chi connectivity index (χ3v) is 2.46. The molecule has 1 N–H and O–H groups in total. The van der Waals surface area contributed by atoms with E-state index >= 15 is 0 Å². The molecule has 0 aromatic carbocycles. The van der Waals surface area contributed by atoms with E-state index in [2.05, 4.69) is 19.6 Å². The van der Waals surface area contributed by atoms with E-state index in [9.17, 15) is 0 Å². The van der Waals surface area contributed by atoms with Crippen molar-refractivity contribution in [1.82, 2.24) is 14.7 Å². The summed E-state index contributed by atoms with van der Waals surface area (Å²) in [5.41, 5.74) is 0. The standard InChI is InChI=1S/C6H10N4S/c1-3-10(4-2-7-1)6-8-5-9-11-6/h5,7H,1-4H2. The first kappa shape index (κ1) is 7.00. The van der Waals surface area contributed by atoms with Crippen LogP contribution < -0.4 is 10.2 Å². The lowest BCUT2D eigenvalue weighted by Crippen LogP contribution is -2.43. The Balaban J connectivity index is 2.04. The zero-order valence-electron chi connectivity index (χ0n) is 6.16. The van der Waals surface area contributed by atoms with Gasteiger partial charge >= 0.3 is 0 Å². The van der Waals surface area contributed by atoms with E-state index in [0.717, 1.165) is 31.3 Å². The minimum Gasteiger partial charge on any atom is -0.344 e. The van der Waals surface area contributed by atoms with Crippen LogP contribution in [0, 0.1) is 0 Å². The van der Waals surface area contributed by atoms with Gasteiger partial charge in [0.25, 0.3) is 0 Å². The van der Waals surface area contributed by atoms with Crippen LogP contribution >= 0.6 is 11.5 Å². The van der Waals surface area contributed by atoms with Crippen LogP contribution in [0.2, 0.25) is 0 Å². The van der Waals surface area contributed by atoms with Crippen LogP contribution in [-0.4, -0.2) is 35.5 Å². The molecule has 0 amide bonds. The van der Waals surface area contributed by atoms with Crippen molar-refractivity contribution in [3.63, 3.8) is 0 Å². The number of piperazine rings is 1. The molecule has 1 saturated heterocycles. The summed E-state index contributed by atoms with van der Waals surface area (Å²) >= 11 is 1.47. The Kier molecular flexibility index (Phi) is 2.00. The van der Waals surface area contributed by atoms with Gasteiger partial charge in [0, 0.05) is 37.7 Å². The van der Waals surface area contributed by atoms with Gasteiger partial charge in [0.15, 0.2) is 0 Å². The van der Waals surface area contributed by atoms with Gasteiger partial charge in [-0.3, -0.25) is 0 Å². The molecule has 60 valence electrons. The highest BCUT2D eigenvalue weighted by Gasteiger charge is 2.11. The largest absolute Gasteiger partial charge is 0.344 e. The van der Waals surface area contributed by atoms with Gasteiger partial charge in [0.2, 0.25) is 5.13 Å². The van der Waals surface area contributed by atoms with Gasteiger partial charge < -0.3 is 10.2 Å². The minimum absolute atomic E-state index is 1.05. The molecule has 0 spiro atoms. The Hall–Kier alpha value is -0.680. The normalized spacial score (nSPS) is 18.7. The monoisotopic (exact) mass is 170 g/mol. The fourth-order valence-electron chi connectivity index (χ4n) is 1.16. The van der Waals surface area contributed by atoms with E-state index in [0.29, 0.717) is 0 Å². The van der Waals surface area contributed by atoms with Crippen LogP contribution in [0.5, 0.6) is 0 Å². The first-order valence-electron chi connectivity index (χ1n) is 3.69. The highest BCUT2D eigenvalue weighted by atomic mass is 32.1. The zero-order chi connectivity index (χ0) is 7.52. The third kappa shape index (κ3) is 1.49. The van der Waals surface area contributed by atoms with E-state index in [1.807, 2.05) is 0 Å². The fraction of sp³-hybridized carbons (Fsp3) is 0.667. The lowest BCUT2D eigenvalue weighted by Gasteiger charge is -2.26. The van der Waals surface area contributed by atoms with Gasteiger partial charge in [0.1, 0.15) is 6.33 Å². The maximum Gasteiger partial charge on any atom is 0.205 e. The second-order valence-corrected chi connectivity index (χ2v) is 3.22. The molecule has 1 aliphatic rings. The maximum atomic E-state index is 4.15. The molecule has 0 radical (unpaired) electrons. The van der Waals surface area contributed by atoms with Gasteiger partial charge in [-0.2, -0.15) is 4.37 Å². The molecule has 1 fully saturated rings. The van der Waals surface area contributed by atoms with Crippen molar-refractivity contribution in [3.8, 4) is 0 Å². The van der Waals surface area contributed by atoms with Crippen molar-refractivity contribution >= 4 is 16.7 Å². The van der Waals surface area contributed by atoms with Crippen LogP contribution in [0.25, 0.3) is 0 Å². The lowest BCUT2D eigenvalue weighted by atomic mass is 10.4. The fourth-order valence-corrected chi connectivity index (χ4v) is 1.74. The highest BCUT2D eigenvalue weighted by Crippen LogP contribution is 2.14. The molecule has 0 saturated carbocycles. The third-order valence-electron chi connectivity index (χ3n) is 1.74. The molecule has 11 heavy (non-hydrogen) atoms. The second-order valence-electron chi connectivity index (χ2n) is 2.46. The predicted molar refractivity (Wildman–Crippen MR) is 45.0 cm³/mol. The first-order chi connectivity index (χ1) is 5.47. The SMILES string of the molecule is c1nsc(N2CCNCC2)n1. The van der Waals surface area contributed by atoms with Crippen LogP contribution in [0.4, 0.5) is 5.13 Å². The number of hydrogen-bond donors (Lipinski definition) is 1. The minimum atomic E-state index is 1.05. The molecule has 0 unspecified atom stereocenters. The highest BCUT2D eigenvalue weighted by molar-refractivity contribution is 7.09. The van der Waals surface area contributed by atoms with E-state index in [4.69, 9.17) is 0 Å². The number of rotatable bonds is 1. The van der Waals surface area contributed by atoms with E-state index in [1.165, 1.54) is 11.5 Å². The smallest absolute Gasteiger partial charge is 0.205 e. The molecule has 5 heteroatoms. The van der Waals surface area contributed by atoms with Crippen molar-refractivity contribution in [2.45, 2.75) is 0 Å². The topological polar surface area (TPSA) is 41.1 Å². The number of nitrogens with zero attached hydrogens (tertiary/aromatic N) is 3. The summed E-state index contributed by atoms with van der Waals surface area (Å²) < 4.78 is 3.97. The van der Waals surface area contributed by atoms with Crippen molar-refractivity contribution in [1.29, 1.82) is 0 Å². The number of anilines is 1. The van der Waals surface area contributed by atoms with E-state index < -0.39 is 0 Å². The Bertz CT molecular complexity index is 204. The molecule has 1 aromatic rings. The molecule has 0 atom stereocenters. The summed E-state index contributed by atoms with van der Waals surface area (Å²) in [5.74, 6) is 0. The Labute approximate surface area is 69.4 Å². The number of aromatic nitrogens is 2. The molecule has 1 aromatic heterocycles. The molecule has 1 aliphatic heterocycles. The zero-order valence-corrected chi connectivity index (χ0v) is 6.97. The van der Waals surface area contributed by atoms with Crippen molar-refractivity contribution < 1.29 is 0 Å². The van der Waals surface area contributed by atoms with Crippen molar-refractivity contribution in [2.24, 2.45) is 0 Å². The molecule has 4 nitrogen and oxygen atoms in total. The summed E-state index contributed by atoms with van der Waals surface area (Å²) in [5, 5.41) is 4.34. The molecular formula is C6H10N4S. The summed E-state index contributed by atoms with van der Waals surface area (Å²) in [6.07, 6.45) is 1.61. The summed E-state index contributed by atoms with van der Waals surface area (Å²) in [6, 6.07) is 0. The lowest BCUT2D eigenvalue weighted by molar-refractivity contribution is 0.588. The van der Waals surface area contributed by atoms with Gasteiger partial charge in [-0.1, -0.05) is 0 Å². The summed E-state index contributed by atoms with van der Waals surface area (Å²) in [6.45, 7) is 4.21. The van der Waals surface area contributed by atoms with Gasteiger partial charge in [-0.25, -0.2) is 4.98 Å². The maximum absolute atomic E-state index is 4.15. The first-order valence-corrected chi connectivity index (χ1v) is 4.46. The van der Waals surface area contributed by atoms with Crippen LogP contribution in [-0.2, 0) is 0 Å². The average molecular weight is 170 g/mol. The van der Waals surface area contributed by atoms with E-state index in [-0.39, 0.29) is 0 Å². The van der Waals surface area contributed by atoms with Gasteiger partial charge in [-0.05, 0) is 0 Å². The average Bonchev–Trinajstić information content (AvgIpc) is 2.58. The Morgan fingerprint density at radius 1 is 1.45 bits per heavy atom. The quantitative estimate of drug-likeness (QED) is 0.641. The molecular weight excluding hydrogens is 160 g/mol. The second kappa shape index (κ2) is 3.15. The summed E-state index contributed by atoms with van der Waals surface area (Å²) in [4.78, 5) is 6.40. The Morgan fingerprint density at radius 3 is 2.91 bits per heavy atom. The molecule has 2 rings (SSSR count). The molecule has 0 aliphatic carbocycles. The van der Waals surface area contributed by atoms with Crippen LogP contribution in [0.15, 0.2) is 6.33 Å². The van der Waals surface area contributed by atoms with E-state index in [1.54, 1.807) is 6.33 Å². The van der Waals surface area contributed by atoms with Crippen molar-refractivity contribution in [2.75, 3.05) is 31.1 Å². The van der Waals surface area contributed by atoms with Gasteiger partial charge in [-0.15, -0.1) is 0 Å². The predicted octanol–water partition coefficient (Wildman–Crippen LogP) is -0.0523. The number of hydrogen-bond acceptors (Lipinski definition) is 5. The number of nitrogens with one attached hydrogen (secondary N) is 1. The van der Waals surface area contributed by atoms with Crippen molar-refractivity contribution in [3.05, 3.63) is 6.33 Å². The Morgan fingerprint density at radius 2 is 2.27 bits per heavy atom. The summed E-state index contributed by atoms with van der Waals surface area (Å²) in [7, 11) is 0. The molecule has 2 heterocycles. The van der Waals surface area contributed by atoms with Crippen LogP contribution in [0.1, 0.15) is 0 Å². The van der Waals surface area contributed by atoms with Gasteiger partial charge in [0.05, 0.1) is 0 Å². The van der Waals surface area contributed by atoms with Crippen LogP contribution in [0.3, 0.4) is 0 Å². The molecule has 0 bridgehead atoms.